The summed E-state index contributed by atoms with van der Waals surface area (Å²) in [5.41, 5.74) is 8.64. The summed E-state index contributed by atoms with van der Waals surface area (Å²) in [5.74, 6) is 1.32. The third-order valence-electron chi connectivity index (χ3n) is 25.3. The fraction of sp³-hybridized carbons (Fsp3) is 0.488. The minimum Gasteiger partial charge on any atom is -0.504 e. The standard InChI is InChI=1S/C44H46N4O12S.C40H42N4O10S.2CH4/c1-19-11-25-12-27-28(15-45)48-29-16-55-43(52)44(26-14-30(53-7)31(58-21(3)49)13-24(26)9-10-46-44)17-61-42(34-33(29)40-39(56-18-57-40)20(2)38(34)59-22(4)50)36(48)35(47(27)6)32(25)41(37(19)54-8)60-23(5)51;1-17-9-21-10-23-24(13-41)44-25-14-51-39(48)40(22-12-27(49-5)26(46)11-20(22)7-8-42-40)15-55-38(32(44)31(43(23)4)28(21)33(47)34(17)50-6)30-29(25)37-36(52-16-53-37)18(2)35(30)54-19(3)45;;/h11,13-14,27-29,35-36,42,46H,9-10,12,16-18H2,1-8H3;9,11-12,23-25,31-32,38,42,46-47H,7-8,10,14-16H2,1-6H3;2*1H4/t27-,28-,29-,35+,36?,42+,44+;23-,24-,25-,31+,32?,38+,40+;;/m00../s1. The number of esters is 6. The predicted molar refractivity (Wildman–Crippen MR) is 429 cm³/mol. The quantitative estimate of drug-likeness (QED) is 0.0813. The van der Waals surface area contributed by atoms with Crippen molar-refractivity contribution in [2.24, 2.45) is 0 Å². The van der Waals surface area contributed by atoms with Gasteiger partial charge in [0.15, 0.2) is 80.1 Å². The van der Waals surface area contributed by atoms with Gasteiger partial charge in [-0.1, -0.05) is 27.0 Å². The van der Waals surface area contributed by atoms with E-state index in [2.05, 4.69) is 42.4 Å². The van der Waals surface area contributed by atoms with Gasteiger partial charge in [-0.25, -0.2) is 9.59 Å². The molecule has 0 amide bonds. The third kappa shape index (κ3) is 12.4. The first-order valence-corrected chi connectivity index (χ1v) is 40.5. The lowest BCUT2D eigenvalue weighted by Gasteiger charge is -2.62. The molecule has 6 aromatic rings. The number of carbonyl (C=O) groups excluding carboxylic acids is 6. The average Bonchev–Trinajstić information content (AvgIpc) is 0.927. The minimum absolute atomic E-state index is 0. The van der Waals surface area contributed by atoms with Crippen LogP contribution in [0.5, 0.6) is 80.5 Å². The summed E-state index contributed by atoms with van der Waals surface area (Å²) in [6.45, 7) is 13.1. The van der Waals surface area contributed by atoms with E-state index in [0.29, 0.717) is 141 Å². The average molecular weight is 1660 g/mol. The van der Waals surface area contributed by atoms with Crippen LogP contribution < -0.4 is 67.5 Å². The number of fused-ring (bicyclic) bond motifs is 18. The number of hydrogen-bond donors (Lipinski definition) is 4. The summed E-state index contributed by atoms with van der Waals surface area (Å²) in [5, 5.41) is 51.0. The zero-order valence-corrected chi connectivity index (χ0v) is 68.1. The van der Waals surface area contributed by atoms with Gasteiger partial charge < -0.3 is 76.5 Å². The smallest absolute Gasteiger partial charge is 0.331 e. The molecule has 624 valence electrons. The second-order valence-corrected chi connectivity index (χ2v) is 33.6. The lowest BCUT2D eigenvalue weighted by Crippen LogP contribution is -2.69. The molecule has 4 N–H and O–H groups in total. The van der Waals surface area contributed by atoms with E-state index in [1.54, 1.807) is 24.3 Å². The first-order valence-electron chi connectivity index (χ1n) is 38.4. The number of rotatable bonds is 8. The first-order chi connectivity index (χ1) is 55.7. The van der Waals surface area contributed by atoms with Gasteiger partial charge in [0.05, 0.1) is 75.2 Å². The molecule has 0 saturated carbocycles. The number of nitrogens with one attached hydrogen (secondary N) is 2. The van der Waals surface area contributed by atoms with Crippen molar-refractivity contribution >= 4 is 59.3 Å². The van der Waals surface area contributed by atoms with E-state index in [9.17, 15) is 49.5 Å². The molecule has 0 radical (unpaired) electrons. The van der Waals surface area contributed by atoms with Crippen molar-refractivity contribution in [1.82, 2.24) is 30.2 Å². The number of nitriles is 2. The van der Waals surface area contributed by atoms with E-state index in [4.69, 9.17) is 66.3 Å². The molecule has 4 fully saturated rings. The number of aryl methyl sites for hydroxylation is 2. The molecule has 6 aromatic carbocycles. The van der Waals surface area contributed by atoms with Gasteiger partial charge in [-0.2, -0.15) is 10.5 Å². The summed E-state index contributed by atoms with van der Waals surface area (Å²) in [7, 11) is 9.97. The number of nitrogens with zero attached hydrogens (tertiary/aromatic N) is 6. The van der Waals surface area contributed by atoms with Gasteiger partial charge in [0.25, 0.3) is 0 Å². The molecule has 118 heavy (non-hydrogen) atoms. The second kappa shape index (κ2) is 31.1. The molecule has 0 aromatic heterocycles. The highest BCUT2D eigenvalue weighted by Crippen LogP contribution is 2.68. The van der Waals surface area contributed by atoms with E-state index in [1.165, 1.54) is 79.7 Å². The van der Waals surface area contributed by atoms with Crippen molar-refractivity contribution in [3.8, 4) is 92.6 Å². The molecule has 20 rings (SSSR count). The molecule has 32 heteroatoms. The number of ether oxygens (including phenoxy) is 14. The molecular weight excluding hydrogens is 1560 g/mol. The number of piperazine rings is 2. The number of hydrogen-bond acceptors (Lipinski definition) is 32. The maximum atomic E-state index is 15.0. The van der Waals surface area contributed by atoms with Gasteiger partial charge in [0.2, 0.25) is 13.6 Å². The lowest BCUT2D eigenvalue weighted by molar-refractivity contribution is -0.158. The van der Waals surface area contributed by atoms with E-state index in [-0.39, 0.29) is 94.0 Å². The topological polar surface area (TPSA) is 357 Å². The van der Waals surface area contributed by atoms with Crippen molar-refractivity contribution in [2.75, 3.05) is 93.9 Å². The predicted octanol–water partition coefficient (Wildman–Crippen LogP) is 9.69. The van der Waals surface area contributed by atoms with Crippen LogP contribution in [0.25, 0.3) is 0 Å². The number of phenols is 2. The van der Waals surface area contributed by atoms with Gasteiger partial charge in [-0.15, -0.1) is 23.5 Å². The Morgan fingerprint density at radius 1 is 0.500 bits per heavy atom. The Hall–Kier alpha value is -10.4. The molecule has 14 heterocycles. The summed E-state index contributed by atoms with van der Waals surface area (Å²) >= 11 is 2.93. The number of aromatic hydroxyl groups is 2. The molecular formula is C86H96N8O22S2. The number of carbonyl (C=O) groups is 6. The van der Waals surface area contributed by atoms with Crippen LogP contribution in [0, 0.1) is 50.4 Å². The van der Waals surface area contributed by atoms with Crippen molar-refractivity contribution in [2.45, 2.75) is 178 Å². The maximum absolute atomic E-state index is 15.0. The van der Waals surface area contributed by atoms with Gasteiger partial charge >= 0.3 is 35.8 Å². The Labute approximate surface area is 691 Å². The number of benzene rings is 6. The van der Waals surface area contributed by atoms with Crippen LogP contribution in [0.3, 0.4) is 0 Å². The van der Waals surface area contributed by atoms with Crippen molar-refractivity contribution in [1.29, 1.82) is 10.5 Å². The zero-order valence-electron chi connectivity index (χ0n) is 66.4. The van der Waals surface area contributed by atoms with Crippen molar-refractivity contribution in [3.05, 3.63) is 125 Å². The SMILES string of the molecule is C.C.COc1cc2c(cc1O)CCN[C@]21CS[C@@H]2c3c(OC(C)=O)c(C)c4c(c3[C@H](COC1=O)N1C2[C@H]2c3c(cc(C)c(OC)c3O)C[C@@H]([C@@H]1C#N)N2C)OCO4.COc1cc2c(cc1OC(C)=O)CCN[C@]21CS[C@@H]2c3c(OC(C)=O)c(C)c4c(c3[C@H](COC1=O)N1C2[C@H]2c3c(cc(C)c(OC)c3OC(C)=O)C[C@@H]([C@@H]1C#N)N2C)OCO4. The van der Waals surface area contributed by atoms with E-state index < -0.39 is 106 Å². The van der Waals surface area contributed by atoms with E-state index in [1.807, 2.05) is 53.9 Å². The molecule has 14 aliphatic rings. The minimum atomic E-state index is -1.43. The Morgan fingerprint density at radius 3 is 1.37 bits per heavy atom. The van der Waals surface area contributed by atoms with Gasteiger partial charge in [0.1, 0.15) is 36.8 Å². The summed E-state index contributed by atoms with van der Waals surface area (Å²) < 4.78 is 84.3. The molecule has 2 spiro atoms. The van der Waals surface area contributed by atoms with Crippen LogP contribution in [0.1, 0.15) is 166 Å². The Kier molecular flexibility index (Phi) is 21.8. The first kappa shape index (κ1) is 82.7. The molecule has 8 bridgehead atoms. The van der Waals surface area contributed by atoms with Crippen LogP contribution in [0.2, 0.25) is 0 Å². The molecule has 14 aliphatic heterocycles. The number of methoxy groups -OCH3 is 4. The molecule has 30 nitrogen and oxygen atoms in total. The van der Waals surface area contributed by atoms with Crippen molar-refractivity contribution < 1.29 is 105 Å². The van der Waals surface area contributed by atoms with Gasteiger partial charge in [0, 0.05) is 121 Å². The monoisotopic (exact) mass is 1660 g/mol. The van der Waals surface area contributed by atoms with Gasteiger partial charge in [-0.3, -0.25) is 49.4 Å². The summed E-state index contributed by atoms with van der Waals surface area (Å²) in [4.78, 5) is 89.4. The molecule has 2 unspecified atom stereocenters. The fourth-order valence-corrected chi connectivity index (χ4v) is 24.2. The highest BCUT2D eigenvalue weighted by molar-refractivity contribution is 7.99. The highest BCUT2D eigenvalue weighted by Gasteiger charge is 2.65. The Morgan fingerprint density at radius 2 is 0.924 bits per heavy atom. The van der Waals surface area contributed by atoms with Crippen LogP contribution in [0.4, 0.5) is 0 Å². The Bertz CT molecular complexity index is 5340. The third-order valence-corrected chi connectivity index (χ3v) is 28.3. The molecule has 0 aliphatic carbocycles. The van der Waals surface area contributed by atoms with Crippen LogP contribution >= 0.6 is 23.5 Å². The Balaban J connectivity index is 0.000000182. The van der Waals surface area contributed by atoms with E-state index in [0.717, 1.165) is 38.9 Å². The molecule has 4 saturated heterocycles. The van der Waals surface area contributed by atoms with Crippen molar-refractivity contribution in [3.63, 3.8) is 0 Å². The van der Waals surface area contributed by atoms with Crippen LogP contribution in [-0.2, 0) is 75.0 Å². The summed E-state index contributed by atoms with van der Waals surface area (Å²) in [6, 6.07) is 10.4. The number of thioether (sulfide) groups is 2. The van der Waals surface area contributed by atoms with Crippen LogP contribution in [-0.4, -0.2) is 196 Å². The van der Waals surface area contributed by atoms with Gasteiger partial charge in [-0.05, 0) is 136 Å². The number of likely N-dealkylation sites (N-methyl/N-ethyl adjacent to an activating group) is 2. The largest absolute Gasteiger partial charge is 0.504 e. The maximum Gasteiger partial charge on any atom is 0.331 e. The lowest BCUT2D eigenvalue weighted by atomic mass is 9.71. The molecule has 14 atom stereocenters. The second-order valence-electron chi connectivity index (χ2n) is 31.3. The fourth-order valence-electron chi connectivity index (χ4n) is 20.8. The number of phenolic OH excluding ortho intramolecular Hbond substituents is 2. The zero-order chi connectivity index (χ0) is 81.9. The summed E-state index contributed by atoms with van der Waals surface area (Å²) in [6.07, 6.45) is 2.02. The highest BCUT2D eigenvalue weighted by atomic mass is 32.2. The van der Waals surface area contributed by atoms with E-state index >= 15 is 0 Å². The normalized spacial score (nSPS) is 27.5. The van der Waals surface area contributed by atoms with Crippen LogP contribution in [0.15, 0.2) is 36.4 Å².